The smallest absolute Gasteiger partial charge is 0.325 e. The number of hydrogen-bond donors (Lipinski definition) is 3. The first-order chi connectivity index (χ1) is 9.79. The van der Waals surface area contributed by atoms with Gasteiger partial charge in [0.05, 0.1) is 0 Å². The summed E-state index contributed by atoms with van der Waals surface area (Å²) in [4.78, 5) is 33.6. The standard InChI is InChI=1S/C14H17FN2O4/c1-8(7-13(19)20)6-12(18)17-14(21)16-11-5-3-4-10(15)9(11)2/h3-5,8H,6-7H2,1-2H3,(H,19,20)(H2,16,17,18,21). The number of rotatable bonds is 5. The zero-order valence-corrected chi connectivity index (χ0v) is 11.8. The van der Waals surface area contributed by atoms with Crippen LogP contribution in [0.4, 0.5) is 14.9 Å². The van der Waals surface area contributed by atoms with Crippen LogP contribution in [0.3, 0.4) is 0 Å². The van der Waals surface area contributed by atoms with E-state index in [1.54, 1.807) is 6.92 Å². The first kappa shape index (κ1) is 16.6. The second kappa shape index (κ2) is 7.37. The lowest BCUT2D eigenvalue weighted by Gasteiger charge is -2.11. The summed E-state index contributed by atoms with van der Waals surface area (Å²) in [5.41, 5.74) is 0.526. The van der Waals surface area contributed by atoms with Gasteiger partial charge in [-0.25, -0.2) is 9.18 Å². The van der Waals surface area contributed by atoms with Gasteiger partial charge in [0.1, 0.15) is 5.82 Å². The molecule has 1 unspecified atom stereocenters. The molecule has 0 fully saturated rings. The highest BCUT2D eigenvalue weighted by molar-refractivity contribution is 6.01. The minimum absolute atomic E-state index is 0.0815. The van der Waals surface area contributed by atoms with Crippen molar-refractivity contribution in [2.45, 2.75) is 26.7 Å². The van der Waals surface area contributed by atoms with Crippen molar-refractivity contribution >= 4 is 23.6 Å². The largest absolute Gasteiger partial charge is 0.481 e. The first-order valence-corrected chi connectivity index (χ1v) is 6.37. The van der Waals surface area contributed by atoms with E-state index in [9.17, 15) is 18.8 Å². The summed E-state index contributed by atoms with van der Waals surface area (Å²) in [7, 11) is 0. The van der Waals surface area contributed by atoms with Crippen molar-refractivity contribution in [3.63, 3.8) is 0 Å². The van der Waals surface area contributed by atoms with Gasteiger partial charge in [-0.05, 0) is 25.0 Å². The zero-order valence-electron chi connectivity index (χ0n) is 11.8. The molecular formula is C14H17FN2O4. The minimum atomic E-state index is -1.00. The van der Waals surface area contributed by atoms with Gasteiger partial charge in [-0.1, -0.05) is 13.0 Å². The molecule has 3 N–H and O–H groups in total. The second-order valence-electron chi connectivity index (χ2n) is 4.82. The Morgan fingerprint density at radius 1 is 1.29 bits per heavy atom. The van der Waals surface area contributed by atoms with E-state index in [0.29, 0.717) is 0 Å². The van der Waals surface area contributed by atoms with Crippen molar-refractivity contribution in [2.75, 3.05) is 5.32 Å². The monoisotopic (exact) mass is 296 g/mol. The number of amides is 3. The van der Waals surface area contributed by atoms with Gasteiger partial charge >= 0.3 is 12.0 Å². The number of nitrogens with one attached hydrogen (secondary N) is 2. The van der Waals surface area contributed by atoms with E-state index in [-0.39, 0.29) is 30.0 Å². The molecule has 7 heteroatoms. The second-order valence-corrected chi connectivity index (χ2v) is 4.82. The molecule has 0 aliphatic heterocycles. The molecule has 6 nitrogen and oxygen atoms in total. The Kier molecular flexibility index (Phi) is 5.83. The number of carboxylic acids is 1. The number of benzene rings is 1. The third kappa shape index (κ3) is 5.60. The predicted octanol–water partition coefficient (Wildman–Crippen LogP) is 2.28. The maximum absolute atomic E-state index is 13.3. The maximum atomic E-state index is 13.3. The molecule has 1 aromatic rings. The minimum Gasteiger partial charge on any atom is -0.481 e. The molecule has 0 aliphatic rings. The van der Waals surface area contributed by atoms with Gasteiger partial charge in [-0.2, -0.15) is 0 Å². The number of hydrogen-bond acceptors (Lipinski definition) is 3. The van der Waals surface area contributed by atoms with Crippen molar-refractivity contribution in [3.05, 3.63) is 29.6 Å². The number of anilines is 1. The fraction of sp³-hybridized carbons (Fsp3) is 0.357. The molecule has 0 saturated heterocycles. The molecule has 0 spiro atoms. The van der Waals surface area contributed by atoms with Crippen molar-refractivity contribution in [1.82, 2.24) is 5.32 Å². The molecule has 3 amide bonds. The molecule has 21 heavy (non-hydrogen) atoms. The van der Waals surface area contributed by atoms with Gasteiger partial charge in [0, 0.05) is 24.1 Å². The summed E-state index contributed by atoms with van der Waals surface area (Å²) in [6.45, 7) is 3.10. The van der Waals surface area contributed by atoms with Crippen LogP contribution in [0.2, 0.25) is 0 Å². The fourth-order valence-corrected chi connectivity index (χ4v) is 1.76. The van der Waals surface area contributed by atoms with Crippen LogP contribution in [0.5, 0.6) is 0 Å². The molecule has 0 aromatic heterocycles. The van der Waals surface area contributed by atoms with Crippen LogP contribution >= 0.6 is 0 Å². The average molecular weight is 296 g/mol. The Bertz CT molecular complexity index is 560. The molecule has 1 rings (SSSR count). The van der Waals surface area contributed by atoms with Crippen molar-refractivity contribution < 1.29 is 23.9 Å². The van der Waals surface area contributed by atoms with E-state index >= 15 is 0 Å². The lowest BCUT2D eigenvalue weighted by atomic mass is 10.0. The predicted molar refractivity (Wildman–Crippen MR) is 74.3 cm³/mol. The SMILES string of the molecule is Cc1c(F)cccc1NC(=O)NC(=O)CC(C)CC(=O)O. The number of carboxylic acid groups (broad SMARTS) is 1. The van der Waals surface area contributed by atoms with Crippen LogP contribution in [0.1, 0.15) is 25.3 Å². The summed E-state index contributed by atoms with van der Waals surface area (Å²) in [6.07, 6.45) is -0.236. The van der Waals surface area contributed by atoms with Crippen LogP contribution < -0.4 is 10.6 Å². The van der Waals surface area contributed by atoms with E-state index < -0.39 is 23.7 Å². The van der Waals surface area contributed by atoms with Gasteiger partial charge in [-0.15, -0.1) is 0 Å². The van der Waals surface area contributed by atoms with E-state index in [1.807, 2.05) is 0 Å². The highest BCUT2D eigenvalue weighted by Crippen LogP contribution is 2.17. The third-order valence-corrected chi connectivity index (χ3v) is 2.83. The number of carbonyl (C=O) groups excluding carboxylic acids is 2. The van der Waals surface area contributed by atoms with Crippen LogP contribution in [0.25, 0.3) is 0 Å². The Labute approximate surface area is 121 Å². The van der Waals surface area contributed by atoms with Crippen molar-refractivity contribution in [1.29, 1.82) is 0 Å². The third-order valence-electron chi connectivity index (χ3n) is 2.83. The molecule has 0 saturated carbocycles. The number of halogens is 1. The Hall–Kier alpha value is -2.44. The summed E-state index contributed by atoms with van der Waals surface area (Å²) in [5.74, 6) is -2.44. The number of imide groups is 1. The van der Waals surface area contributed by atoms with Gasteiger partial charge in [0.15, 0.2) is 0 Å². The fourth-order valence-electron chi connectivity index (χ4n) is 1.76. The quantitative estimate of drug-likeness (QED) is 0.776. The van der Waals surface area contributed by atoms with Crippen LogP contribution in [0.15, 0.2) is 18.2 Å². The average Bonchev–Trinajstić information content (AvgIpc) is 2.33. The topological polar surface area (TPSA) is 95.5 Å². The van der Waals surface area contributed by atoms with Crippen molar-refractivity contribution in [2.24, 2.45) is 5.92 Å². The van der Waals surface area contributed by atoms with Gasteiger partial charge in [0.25, 0.3) is 0 Å². The maximum Gasteiger partial charge on any atom is 0.325 e. The molecule has 0 bridgehead atoms. The summed E-state index contributed by atoms with van der Waals surface area (Å²) < 4.78 is 13.3. The molecule has 1 atom stereocenters. The lowest BCUT2D eigenvalue weighted by molar-refractivity contribution is -0.138. The highest BCUT2D eigenvalue weighted by Gasteiger charge is 2.15. The normalized spacial score (nSPS) is 11.6. The van der Waals surface area contributed by atoms with Gasteiger partial charge in [-0.3, -0.25) is 14.9 Å². The Morgan fingerprint density at radius 3 is 2.57 bits per heavy atom. The van der Waals surface area contributed by atoms with Crippen LogP contribution in [-0.4, -0.2) is 23.0 Å². The van der Waals surface area contributed by atoms with Gasteiger partial charge < -0.3 is 10.4 Å². The van der Waals surface area contributed by atoms with Crippen LogP contribution in [0, 0.1) is 18.7 Å². The zero-order chi connectivity index (χ0) is 16.0. The number of urea groups is 1. The van der Waals surface area contributed by atoms with E-state index in [4.69, 9.17) is 5.11 Å². The molecule has 0 aliphatic carbocycles. The Morgan fingerprint density at radius 2 is 1.95 bits per heavy atom. The van der Waals surface area contributed by atoms with E-state index in [2.05, 4.69) is 10.6 Å². The highest BCUT2D eigenvalue weighted by atomic mass is 19.1. The summed E-state index contributed by atoms with van der Waals surface area (Å²) >= 11 is 0. The summed E-state index contributed by atoms with van der Waals surface area (Å²) in [5, 5.41) is 13.0. The number of aliphatic carboxylic acids is 1. The number of carbonyl (C=O) groups is 3. The lowest BCUT2D eigenvalue weighted by Crippen LogP contribution is -2.35. The van der Waals surface area contributed by atoms with E-state index in [1.165, 1.54) is 25.1 Å². The molecule has 1 aromatic carbocycles. The van der Waals surface area contributed by atoms with E-state index in [0.717, 1.165) is 0 Å². The van der Waals surface area contributed by atoms with Crippen molar-refractivity contribution in [3.8, 4) is 0 Å². The molecule has 0 heterocycles. The van der Waals surface area contributed by atoms with Crippen LogP contribution in [-0.2, 0) is 9.59 Å². The Balaban J connectivity index is 2.52. The summed E-state index contributed by atoms with van der Waals surface area (Å²) in [6, 6.07) is 3.43. The van der Waals surface area contributed by atoms with Gasteiger partial charge in [0.2, 0.25) is 5.91 Å². The molecule has 0 radical (unpaired) electrons. The first-order valence-electron chi connectivity index (χ1n) is 6.37. The molecule has 114 valence electrons. The molecular weight excluding hydrogens is 279 g/mol.